The molecule has 5 heteroatoms. The van der Waals surface area contributed by atoms with Crippen molar-refractivity contribution in [2.24, 2.45) is 34.5 Å². The van der Waals surface area contributed by atoms with Crippen LogP contribution in [0.4, 0.5) is 0 Å². The highest BCUT2D eigenvalue weighted by molar-refractivity contribution is 5.93. The van der Waals surface area contributed by atoms with Crippen molar-refractivity contribution >= 4 is 11.9 Å². The Morgan fingerprint density at radius 1 is 1.24 bits per heavy atom. The van der Waals surface area contributed by atoms with Crippen molar-refractivity contribution in [3.8, 4) is 5.75 Å². The molecule has 0 amide bonds. The minimum absolute atomic E-state index is 0.177. The second kappa shape index (κ2) is 6.82. The molecule has 1 aromatic carbocycles. The number of hydrogen-bond donors (Lipinski definition) is 1. The van der Waals surface area contributed by atoms with Crippen LogP contribution in [0.1, 0.15) is 67.3 Å². The highest BCUT2D eigenvalue weighted by atomic mass is 16.3. The quantitative estimate of drug-likeness (QED) is 0.593. The van der Waals surface area contributed by atoms with Crippen LogP contribution < -0.4 is 0 Å². The van der Waals surface area contributed by atoms with Gasteiger partial charge in [-0.2, -0.15) is 15.3 Å². The lowest BCUT2D eigenvalue weighted by molar-refractivity contribution is 0.0955. The van der Waals surface area contributed by atoms with Gasteiger partial charge in [0.25, 0.3) is 0 Å². The summed E-state index contributed by atoms with van der Waals surface area (Å²) in [6.07, 6.45) is 10.8. The predicted octanol–water partition coefficient (Wildman–Crippen LogP) is 4.77. The molecule has 152 valence electrons. The Morgan fingerprint density at radius 3 is 2.90 bits per heavy atom. The minimum Gasteiger partial charge on any atom is -0.508 e. The molecule has 4 atom stereocenters. The van der Waals surface area contributed by atoms with Gasteiger partial charge in [0.1, 0.15) is 5.75 Å². The maximum Gasteiger partial charge on any atom is 0.115 e. The van der Waals surface area contributed by atoms with E-state index in [9.17, 15) is 5.11 Å². The van der Waals surface area contributed by atoms with E-state index in [0.717, 1.165) is 30.0 Å². The highest BCUT2D eigenvalue weighted by Crippen LogP contribution is 2.60. The van der Waals surface area contributed by atoms with E-state index in [1.165, 1.54) is 42.5 Å². The lowest BCUT2D eigenvalue weighted by Crippen LogP contribution is -2.42. The summed E-state index contributed by atoms with van der Waals surface area (Å²) in [6, 6.07) is 6.02. The minimum atomic E-state index is 0.177. The molecule has 2 aromatic rings. The van der Waals surface area contributed by atoms with Crippen molar-refractivity contribution < 1.29 is 5.11 Å². The molecule has 3 aliphatic carbocycles. The number of phenolic OH excluding ortho intramolecular Hbond substituents is 1. The monoisotopic (exact) mass is 390 g/mol. The maximum absolute atomic E-state index is 9.86. The van der Waals surface area contributed by atoms with Gasteiger partial charge in [0, 0.05) is 29.9 Å². The van der Waals surface area contributed by atoms with Gasteiger partial charge in [-0.15, -0.1) is 0 Å². The Bertz CT molecular complexity index is 1000. The molecule has 5 rings (SSSR count). The van der Waals surface area contributed by atoms with Crippen molar-refractivity contribution in [2.75, 3.05) is 0 Å². The van der Waals surface area contributed by atoms with E-state index in [1.807, 2.05) is 43.2 Å². The Hall–Kier alpha value is -2.43. The van der Waals surface area contributed by atoms with Crippen molar-refractivity contribution in [3.05, 3.63) is 46.8 Å². The standard InChI is InChI=1S/C24H30N4O/c1-15-17(14-28(3)27-15)13-25-26-23-9-8-22-21-6-4-16-12-18(29)5-7-19(16)20(21)10-11-24(22,23)2/h5,7,12-14,20-22,29H,4,6,8-11H2,1-3H3/b25-13-,26-23-. The zero-order valence-corrected chi connectivity index (χ0v) is 17.6. The van der Waals surface area contributed by atoms with Crippen molar-refractivity contribution in [3.63, 3.8) is 0 Å². The van der Waals surface area contributed by atoms with Crippen LogP contribution in [0.2, 0.25) is 0 Å². The summed E-state index contributed by atoms with van der Waals surface area (Å²) in [6.45, 7) is 4.43. The number of nitrogens with zero attached hydrogens (tertiary/aromatic N) is 4. The van der Waals surface area contributed by atoms with Gasteiger partial charge < -0.3 is 5.11 Å². The van der Waals surface area contributed by atoms with Crippen LogP contribution in [-0.2, 0) is 13.5 Å². The molecular formula is C24H30N4O. The fourth-order valence-electron chi connectivity index (χ4n) is 6.43. The molecule has 1 heterocycles. The van der Waals surface area contributed by atoms with Gasteiger partial charge in [-0.25, -0.2) is 0 Å². The SMILES string of the molecule is Cc1nn(C)cc1/C=N\N=C1\CCC2C3CCc4cc(O)ccc4C3CCC12C. The van der Waals surface area contributed by atoms with E-state index in [0.29, 0.717) is 17.6 Å². The van der Waals surface area contributed by atoms with Crippen LogP contribution in [0, 0.1) is 24.2 Å². The summed E-state index contributed by atoms with van der Waals surface area (Å²) in [5.74, 6) is 2.46. The average molecular weight is 391 g/mol. The lowest BCUT2D eigenvalue weighted by Gasteiger charge is -2.49. The van der Waals surface area contributed by atoms with E-state index in [2.05, 4.69) is 23.2 Å². The van der Waals surface area contributed by atoms with Crippen LogP contribution in [0.15, 0.2) is 34.6 Å². The molecule has 0 radical (unpaired) electrons. The first-order valence-electron chi connectivity index (χ1n) is 10.9. The van der Waals surface area contributed by atoms with E-state index in [1.54, 1.807) is 0 Å². The Morgan fingerprint density at radius 2 is 2.10 bits per heavy atom. The summed E-state index contributed by atoms with van der Waals surface area (Å²) in [4.78, 5) is 0. The Kier molecular flexibility index (Phi) is 4.37. The molecule has 1 N–H and O–H groups in total. The van der Waals surface area contributed by atoms with Crippen LogP contribution >= 0.6 is 0 Å². The van der Waals surface area contributed by atoms with Gasteiger partial charge in [-0.1, -0.05) is 13.0 Å². The zero-order chi connectivity index (χ0) is 20.2. The summed E-state index contributed by atoms with van der Waals surface area (Å²) in [5.41, 5.74) is 6.33. The number of benzene rings is 1. The fourth-order valence-corrected chi connectivity index (χ4v) is 6.43. The average Bonchev–Trinajstić information content (AvgIpc) is 3.19. The van der Waals surface area contributed by atoms with Crippen LogP contribution in [0.5, 0.6) is 5.75 Å². The topological polar surface area (TPSA) is 62.8 Å². The molecule has 2 saturated carbocycles. The second-order valence-electron chi connectivity index (χ2n) is 9.43. The van der Waals surface area contributed by atoms with Gasteiger partial charge in [0.15, 0.2) is 0 Å². The second-order valence-corrected chi connectivity index (χ2v) is 9.43. The van der Waals surface area contributed by atoms with Gasteiger partial charge >= 0.3 is 0 Å². The summed E-state index contributed by atoms with van der Waals surface area (Å²) >= 11 is 0. The Labute approximate surface area is 172 Å². The molecule has 2 fully saturated rings. The van der Waals surface area contributed by atoms with E-state index < -0.39 is 0 Å². The third-order valence-electron chi connectivity index (χ3n) is 7.88. The normalized spacial score (nSPS) is 32.4. The van der Waals surface area contributed by atoms with Crippen LogP contribution in [0.25, 0.3) is 0 Å². The first kappa shape index (κ1) is 18.6. The molecule has 0 aliphatic heterocycles. The molecule has 29 heavy (non-hydrogen) atoms. The van der Waals surface area contributed by atoms with Gasteiger partial charge in [0.05, 0.1) is 11.9 Å². The van der Waals surface area contributed by atoms with Gasteiger partial charge in [-0.05, 0) is 86.5 Å². The summed E-state index contributed by atoms with van der Waals surface area (Å²) in [5, 5.41) is 23.4. The van der Waals surface area contributed by atoms with Crippen molar-refractivity contribution in [2.45, 2.75) is 58.3 Å². The smallest absolute Gasteiger partial charge is 0.115 e. The molecule has 0 spiro atoms. The summed E-state index contributed by atoms with van der Waals surface area (Å²) < 4.78 is 1.82. The fraction of sp³-hybridized carbons (Fsp3) is 0.542. The number of hydrogen-bond acceptors (Lipinski definition) is 4. The van der Waals surface area contributed by atoms with E-state index >= 15 is 0 Å². The number of aromatic nitrogens is 2. The zero-order valence-electron chi connectivity index (χ0n) is 17.6. The number of fused-ring (bicyclic) bond motifs is 5. The van der Waals surface area contributed by atoms with Crippen molar-refractivity contribution in [1.82, 2.24) is 9.78 Å². The molecular weight excluding hydrogens is 360 g/mol. The van der Waals surface area contributed by atoms with E-state index in [4.69, 9.17) is 5.10 Å². The van der Waals surface area contributed by atoms with Gasteiger partial charge in [-0.3, -0.25) is 4.68 Å². The van der Waals surface area contributed by atoms with Gasteiger partial charge in [0.2, 0.25) is 0 Å². The third kappa shape index (κ3) is 3.02. The predicted molar refractivity (Wildman–Crippen MR) is 116 cm³/mol. The number of phenols is 1. The van der Waals surface area contributed by atoms with Crippen molar-refractivity contribution in [1.29, 1.82) is 0 Å². The number of aromatic hydroxyl groups is 1. The maximum atomic E-state index is 9.86. The third-order valence-corrected chi connectivity index (χ3v) is 7.88. The molecule has 1 aromatic heterocycles. The number of rotatable bonds is 2. The molecule has 0 saturated heterocycles. The molecule has 0 bridgehead atoms. The largest absolute Gasteiger partial charge is 0.508 e. The molecule has 3 aliphatic rings. The Balaban J connectivity index is 1.39. The first-order valence-corrected chi connectivity index (χ1v) is 10.9. The molecule has 4 unspecified atom stereocenters. The summed E-state index contributed by atoms with van der Waals surface area (Å²) in [7, 11) is 1.93. The highest BCUT2D eigenvalue weighted by Gasteiger charge is 2.53. The lowest BCUT2D eigenvalue weighted by atomic mass is 9.55. The van der Waals surface area contributed by atoms with Crippen LogP contribution in [-0.4, -0.2) is 26.8 Å². The van der Waals surface area contributed by atoms with Crippen LogP contribution in [0.3, 0.4) is 0 Å². The molecule has 5 nitrogen and oxygen atoms in total. The van der Waals surface area contributed by atoms with E-state index in [-0.39, 0.29) is 5.41 Å². The first-order chi connectivity index (χ1) is 14.0. The number of aryl methyl sites for hydroxylation is 3.